The lowest BCUT2D eigenvalue weighted by molar-refractivity contribution is 0.0697. The normalized spacial score (nSPS) is 18.9. The Labute approximate surface area is 135 Å². The van der Waals surface area contributed by atoms with Gasteiger partial charge in [0.15, 0.2) is 0 Å². The molecule has 6 heteroatoms. The Morgan fingerprint density at radius 2 is 2.27 bits per heavy atom. The smallest absolute Gasteiger partial charge is 0.273 e. The van der Waals surface area contributed by atoms with Crippen molar-refractivity contribution in [1.29, 1.82) is 0 Å². The van der Waals surface area contributed by atoms with E-state index in [1.54, 1.807) is 0 Å². The predicted molar refractivity (Wildman–Crippen MR) is 87.3 cm³/mol. The minimum absolute atomic E-state index is 0.0525. The fourth-order valence-electron chi connectivity index (χ4n) is 3.07. The van der Waals surface area contributed by atoms with E-state index in [4.69, 9.17) is 0 Å². The average molecular weight is 318 g/mol. The zero-order chi connectivity index (χ0) is 15.7. The molecule has 1 aliphatic rings. The summed E-state index contributed by atoms with van der Waals surface area (Å²) in [6.07, 6.45) is 6.00. The van der Waals surface area contributed by atoms with Gasteiger partial charge in [-0.15, -0.1) is 11.3 Å². The highest BCUT2D eigenvalue weighted by Gasteiger charge is 2.29. The van der Waals surface area contributed by atoms with Gasteiger partial charge in [0.2, 0.25) is 0 Å². The Balaban J connectivity index is 1.77. The highest BCUT2D eigenvalue weighted by atomic mass is 32.1. The van der Waals surface area contributed by atoms with Crippen LogP contribution in [0, 0.1) is 6.92 Å². The SMILES string of the molecule is Cc1nc(C(=O)N2CCC[C@@H](c3nccn3C(C)C)C2)cs1. The van der Waals surface area contributed by atoms with Crippen LogP contribution in [0.5, 0.6) is 0 Å². The van der Waals surface area contributed by atoms with Crippen molar-refractivity contribution in [3.05, 3.63) is 34.3 Å². The molecule has 0 aliphatic carbocycles. The number of hydrogen-bond donors (Lipinski definition) is 0. The molecular formula is C16H22N4OS. The molecule has 1 aliphatic heterocycles. The lowest BCUT2D eigenvalue weighted by Gasteiger charge is -2.32. The summed E-state index contributed by atoms with van der Waals surface area (Å²) >= 11 is 1.53. The molecule has 0 saturated carbocycles. The summed E-state index contributed by atoms with van der Waals surface area (Å²) in [5, 5.41) is 2.79. The number of likely N-dealkylation sites (tertiary alicyclic amines) is 1. The number of rotatable bonds is 3. The summed E-state index contributed by atoms with van der Waals surface area (Å²) in [6, 6.07) is 0.393. The fourth-order valence-corrected chi connectivity index (χ4v) is 3.66. The van der Waals surface area contributed by atoms with E-state index in [0.29, 0.717) is 17.7 Å². The Kier molecular flexibility index (Phi) is 4.29. The van der Waals surface area contributed by atoms with E-state index >= 15 is 0 Å². The van der Waals surface area contributed by atoms with Crippen LogP contribution in [0.1, 0.15) is 60.0 Å². The van der Waals surface area contributed by atoms with Crippen molar-refractivity contribution in [3.8, 4) is 0 Å². The van der Waals surface area contributed by atoms with Crippen LogP contribution in [0.25, 0.3) is 0 Å². The third-order valence-electron chi connectivity index (χ3n) is 4.17. The highest BCUT2D eigenvalue weighted by molar-refractivity contribution is 7.09. The van der Waals surface area contributed by atoms with Crippen LogP contribution in [-0.4, -0.2) is 38.4 Å². The number of nitrogens with zero attached hydrogens (tertiary/aromatic N) is 4. The molecule has 0 N–H and O–H groups in total. The van der Waals surface area contributed by atoms with E-state index in [9.17, 15) is 4.79 Å². The number of thiazole rings is 1. The maximum atomic E-state index is 12.6. The third kappa shape index (κ3) is 2.92. The molecule has 1 fully saturated rings. The van der Waals surface area contributed by atoms with Gasteiger partial charge in [0.05, 0.1) is 5.01 Å². The van der Waals surface area contributed by atoms with Gasteiger partial charge in [-0.2, -0.15) is 0 Å². The van der Waals surface area contributed by atoms with Gasteiger partial charge in [-0.25, -0.2) is 9.97 Å². The van der Waals surface area contributed by atoms with Gasteiger partial charge in [-0.1, -0.05) is 0 Å². The van der Waals surface area contributed by atoms with Crippen LogP contribution in [0.2, 0.25) is 0 Å². The molecule has 0 bridgehead atoms. The van der Waals surface area contributed by atoms with Crippen LogP contribution < -0.4 is 0 Å². The molecule has 0 radical (unpaired) electrons. The topological polar surface area (TPSA) is 51.0 Å². The Morgan fingerprint density at radius 1 is 1.45 bits per heavy atom. The largest absolute Gasteiger partial charge is 0.337 e. The second-order valence-corrected chi connectivity index (χ2v) is 7.19. The number of carbonyl (C=O) groups is 1. The van der Waals surface area contributed by atoms with E-state index in [1.807, 2.05) is 29.6 Å². The minimum atomic E-state index is 0.0525. The van der Waals surface area contributed by atoms with Crippen molar-refractivity contribution in [1.82, 2.24) is 19.4 Å². The van der Waals surface area contributed by atoms with Gasteiger partial charge in [-0.3, -0.25) is 4.79 Å². The summed E-state index contributed by atoms with van der Waals surface area (Å²) in [6.45, 7) is 7.80. The molecule has 2 aromatic heterocycles. The number of aryl methyl sites for hydroxylation is 1. The second-order valence-electron chi connectivity index (χ2n) is 6.13. The zero-order valence-corrected chi connectivity index (χ0v) is 14.1. The van der Waals surface area contributed by atoms with Crippen LogP contribution >= 0.6 is 11.3 Å². The van der Waals surface area contributed by atoms with Crippen LogP contribution in [0.4, 0.5) is 0 Å². The van der Waals surface area contributed by atoms with Crippen molar-refractivity contribution in [3.63, 3.8) is 0 Å². The Hall–Kier alpha value is -1.69. The van der Waals surface area contributed by atoms with Gasteiger partial charge in [0.25, 0.3) is 5.91 Å². The predicted octanol–water partition coefficient (Wildman–Crippen LogP) is 3.25. The molecule has 3 rings (SSSR count). The number of amides is 1. The molecule has 1 saturated heterocycles. The van der Waals surface area contributed by atoms with Gasteiger partial charge in [0, 0.05) is 42.8 Å². The summed E-state index contributed by atoms with van der Waals surface area (Å²) in [5.41, 5.74) is 0.579. The molecule has 1 amide bonds. The first kappa shape index (κ1) is 15.2. The standard InChI is InChI=1S/C16H22N4OS/c1-11(2)20-8-6-17-15(20)13-5-4-7-19(9-13)16(21)14-10-22-12(3)18-14/h6,8,10-11,13H,4-5,7,9H2,1-3H3/t13-/m1/s1. The second kappa shape index (κ2) is 6.20. The summed E-state index contributed by atoms with van der Waals surface area (Å²) < 4.78 is 2.21. The van der Waals surface area contributed by atoms with E-state index in [-0.39, 0.29) is 5.91 Å². The van der Waals surface area contributed by atoms with Crippen molar-refractivity contribution >= 4 is 17.2 Å². The molecule has 2 aromatic rings. The quantitative estimate of drug-likeness (QED) is 0.873. The molecule has 1 atom stereocenters. The molecular weight excluding hydrogens is 296 g/mol. The van der Waals surface area contributed by atoms with E-state index in [1.165, 1.54) is 11.3 Å². The molecule has 118 valence electrons. The first-order valence-corrected chi connectivity index (χ1v) is 8.68. The van der Waals surface area contributed by atoms with E-state index in [0.717, 1.165) is 36.8 Å². The monoisotopic (exact) mass is 318 g/mol. The maximum absolute atomic E-state index is 12.6. The van der Waals surface area contributed by atoms with Gasteiger partial charge >= 0.3 is 0 Å². The molecule has 0 spiro atoms. The number of carbonyl (C=O) groups excluding carboxylic acids is 1. The van der Waals surface area contributed by atoms with Gasteiger partial charge in [-0.05, 0) is 33.6 Å². The number of piperidine rings is 1. The minimum Gasteiger partial charge on any atom is -0.337 e. The number of imidazole rings is 1. The molecule has 0 aromatic carbocycles. The lowest BCUT2D eigenvalue weighted by Crippen LogP contribution is -2.40. The van der Waals surface area contributed by atoms with Crippen molar-refractivity contribution < 1.29 is 4.79 Å². The lowest BCUT2D eigenvalue weighted by atomic mass is 9.96. The van der Waals surface area contributed by atoms with E-state index in [2.05, 4.69) is 28.4 Å². The maximum Gasteiger partial charge on any atom is 0.273 e. The first-order valence-electron chi connectivity index (χ1n) is 7.80. The summed E-state index contributed by atoms with van der Waals surface area (Å²) in [7, 11) is 0. The highest BCUT2D eigenvalue weighted by Crippen LogP contribution is 2.28. The van der Waals surface area contributed by atoms with Crippen LogP contribution in [-0.2, 0) is 0 Å². The van der Waals surface area contributed by atoms with Crippen molar-refractivity contribution in [2.24, 2.45) is 0 Å². The zero-order valence-electron chi connectivity index (χ0n) is 13.3. The number of hydrogen-bond acceptors (Lipinski definition) is 4. The van der Waals surface area contributed by atoms with Gasteiger partial charge in [0.1, 0.15) is 11.5 Å². The van der Waals surface area contributed by atoms with Crippen molar-refractivity contribution in [2.75, 3.05) is 13.1 Å². The van der Waals surface area contributed by atoms with Crippen LogP contribution in [0.15, 0.2) is 17.8 Å². The Bertz CT molecular complexity index is 661. The fraction of sp³-hybridized carbons (Fsp3) is 0.562. The molecule has 0 unspecified atom stereocenters. The number of aromatic nitrogens is 3. The summed E-state index contributed by atoms with van der Waals surface area (Å²) in [4.78, 5) is 23.4. The first-order chi connectivity index (χ1) is 10.6. The van der Waals surface area contributed by atoms with E-state index < -0.39 is 0 Å². The molecule has 22 heavy (non-hydrogen) atoms. The van der Waals surface area contributed by atoms with Crippen LogP contribution in [0.3, 0.4) is 0 Å². The Morgan fingerprint density at radius 3 is 2.95 bits per heavy atom. The third-order valence-corrected chi connectivity index (χ3v) is 4.94. The average Bonchev–Trinajstić information content (AvgIpc) is 3.15. The molecule has 5 nitrogen and oxygen atoms in total. The van der Waals surface area contributed by atoms with Gasteiger partial charge < -0.3 is 9.47 Å². The van der Waals surface area contributed by atoms with Crippen molar-refractivity contribution in [2.45, 2.75) is 45.6 Å². The molecule has 3 heterocycles. The summed E-state index contributed by atoms with van der Waals surface area (Å²) in [5.74, 6) is 1.47.